The van der Waals surface area contributed by atoms with Gasteiger partial charge in [0.2, 0.25) is 0 Å². The summed E-state index contributed by atoms with van der Waals surface area (Å²) < 4.78 is 5.30. The SMILES string of the molecule is N=C(N)c1ncccc1OCCCO. The Balaban J connectivity index is 2.69. The second-order valence-electron chi connectivity index (χ2n) is 2.69. The van der Waals surface area contributed by atoms with Crippen molar-refractivity contribution < 1.29 is 9.84 Å². The number of nitrogens with one attached hydrogen (secondary N) is 1. The fraction of sp³-hybridized carbons (Fsp3) is 0.333. The number of ether oxygens (including phenoxy) is 1. The molecule has 0 amide bonds. The van der Waals surface area contributed by atoms with Gasteiger partial charge in [-0.1, -0.05) is 0 Å². The van der Waals surface area contributed by atoms with E-state index < -0.39 is 0 Å². The number of nitrogen functional groups attached to an aromatic ring is 1. The summed E-state index contributed by atoms with van der Waals surface area (Å²) in [7, 11) is 0. The van der Waals surface area contributed by atoms with Crippen LogP contribution in [0.15, 0.2) is 18.3 Å². The van der Waals surface area contributed by atoms with Crippen LogP contribution in [-0.2, 0) is 0 Å². The number of hydrogen-bond acceptors (Lipinski definition) is 4. The molecular weight excluding hydrogens is 182 g/mol. The van der Waals surface area contributed by atoms with E-state index >= 15 is 0 Å². The number of nitrogens with two attached hydrogens (primary N) is 1. The van der Waals surface area contributed by atoms with Crippen LogP contribution in [0.2, 0.25) is 0 Å². The van der Waals surface area contributed by atoms with Crippen molar-refractivity contribution in [2.24, 2.45) is 5.73 Å². The first kappa shape index (κ1) is 10.5. The van der Waals surface area contributed by atoms with E-state index in [9.17, 15) is 0 Å². The molecule has 0 unspecified atom stereocenters. The van der Waals surface area contributed by atoms with Crippen LogP contribution >= 0.6 is 0 Å². The summed E-state index contributed by atoms with van der Waals surface area (Å²) in [6, 6.07) is 3.40. The van der Waals surface area contributed by atoms with Gasteiger partial charge in [-0.2, -0.15) is 0 Å². The topological polar surface area (TPSA) is 92.2 Å². The van der Waals surface area contributed by atoms with Gasteiger partial charge in [0.1, 0.15) is 17.3 Å². The molecule has 0 fully saturated rings. The van der Waals surface area contributed by atoms with Crippen LogP contribution in [0.5, 0.6) is 5.75 Å². The van der Waals surface area contributed by atoms with Gasteiger partial charge in [-0.3, -0.25) is 5.41 Å². The van der Waals surface area contributed by atoms with Gasteiger partial charge >= 0.3 is 0 Å². The summed E-state index contributed by atoms with van der Waals surface area (Å²) in [6.07, 6.45) is 2.10. The van der Waals surface area contributed by atoms with Crippen LogP contribution in [0.3, 0.4) is 0 Å². The fourth-order valence-electron chi connectivity index (χ4n) is 0.956. The maximum atomic E-state index is 8.56. The predicted octanol–water partition coefficient (Wildman–Crippen LogP) is 0.127. The van der Waals surface area contributed by atoms with Gasteiger partial charge in [0.15, 0.2) is 0 Å². The maximum absolute atomic E-state index is 8.56. The molecule has 0 radical (unpaired) electrons. The fourth-order valence-corrected chi connectivity index (χ4v) is 0.956. The average molecular weight is 195 g/mol. The zero-order chi connectivity index (χ0) is 10.4. The smallest absolute Gasteiger partial charge is 0.148 e. The standard InChI is InChI=1S/C9H13N3O2/c10-9(11)8-7(3-1-4-12-8)14-6-2-5-13/h1,3-4,13H,2,5-6H2,(H3,10,11). The lowest BCUT2D eigenvalue weighted by Gasteiger charge is -2.08. The molecular formula is C9H13N3O2. The highest BCUT2D eigenvalue weighted by Crippen LogP contribution is 2.14. The number of pyridine rings is 1. The average Bonchev–Trinajstić information content (AvgIpc) is 2.19. The molecule has 5 nitrogen and oxygen atoms in total. The Labute approximate surface area is 82.0 Å². The molecule has 1 aromatic rings. The molecule has 76 valence electrons. The quantitative estimate of drug-likeness (QED) is 0.353. The molecule has 0 saturated heterocycles. The molecule has 0 saturated carbocycles. The Kier molecular flexibility index (Phi) is 3.87. The maximum Gasteiger partial charge on any atom is 0.148 e. The highest BCUT2D eigenvalue weighted by molar-refractivity contribution is 5.95. The molecule has 1 rings (SSSR count). The Morgan fingerprint density at radius 1 is 1.64 bits per heavy atom. The van der Waals surface area contributed by atoms with Crippen molar-refractivity contribution in [3.05, 3.63) is 24.0 Å². The largest absolute Gasteiger partial charge is 0.491 e. The summed E-state index contributed by atoms with van der Waals surface area (Å²) in [5.74, 6) is 0.359. The van der Waals surface area contributed by atoms with Crippen LogP contribution in [0.4, 0.5) is 0 Å². The van der Waals surface area contributed by atoms with E-state index in [1.54, 1.807) is 18.3 Å². The molecule has 0 aliphatic heterocycles. The molecule has 0 spiro atoms. The van der Waals surface area contributed by atoms with E-state index in [0.717, 1.165) is 0 Å². The lowest BCUT2D eigenvalue weighted by molar-refractivity contribution is 0.233. The first-order chi connectivity index (χ1) is 6.75. The highest BCUT2D eigenvalue weighted by atomic mass is 16.5. The lowest BCUT2D eigenvalue weighted by Crippen LogP contribution is -2.15. The highest BCUT2D eigenvalue weighted by Gasteiger charge is 2.06. The number of rotatable bonds is 5. The first-order valence-electron chi connectivity index (χ1n) is 4.28. The molecule has 0 bridgehead atoms. The number of aliphatic hydroxyl groups excluding tert-OH is 1. The van der Waals surface area contributed by atoms with Crippen molar-refractivity contribution in [2.45, 2.75) is 6.42 Å². The summed E-state index contributed by atoms with van der Waals surface area (Å²) in [5, 5.41) is 15.8. The van der Waals surface area contributed by atoms with Crippen LogP contribution in [-0.4, -0.2) is 29.1 Å². The Hall–Kier alpha value is -1.62. The molecule has 0 atom stereocenters. The third-order valence-electron chi connectivity index (χ3n) is 1.59. The van der Waals surface area contributed by atoms with E-state index in [2.05, 4.69) is 4.98 Å². The van der Waals surface area contributed by atoms with E-state index in [1.165, 1.54) is 0 Å². The molecule has 1 heterocycles. The minimum atomic E-state index is -0.121. The van der Waals surface area contributed by atoms with Crippen LogP contribution in [0.25, 0.3) is 0 Å². The minimum absolute atomic E-state index is 0.0790. The third-order valence-corrected chi connectivity index (χ3v) is 1.59. The molecule has 5 heteroatoms. The molecule has 0 aromatic carbocycles. The van der Waals surface area contributed by atoms with Crippen molar-refractivity contribution in [2.75, 3.05) is 13.2 Å². The summed E-state index contributed by atoms with van der Waals surface area (Å²) >= 11 is 0. The number of nitrogens with zero attached hydrogens (tertiary/aromatic N) is 1. The predicted molar refractivity (Wildman–Crippen MR) is 52.5 cm³/mol. The summed E-state index contributed by atoms with van der Waals surface area (Å²) in [5.41, 5.74) is 5.65. The molecule has 0 aliphatic rings. The minimum Gasteiger partial charge on any atom is -0.491 e. The van der Waals surface area contributed by atoms with Crippen LogP contribution in [0, 0.1) is 5.41 Å². The zero-order valence-corrected chi connectivity index (χ0v) is 7.73. The number of amidine groups is 1. The van der Waals surface area contributed by atoms with Gasteiger partial charge < -0.3 is 15.6 Å². The zero-order valence-electron chi connectivity index (χ0n) is 7.73. The normalized spacial score (nSPS) is 9.79. The van der Waals surface area contributed by atoms with Gasteiger partial charge in [-0.05, 0) is 12.1 Å². The van der Waals surface area contributed by atoms with Crippen molar-refractivity contribution in [1.29, 1.82) is 5.41 Å². The van der Waals surface area contributed by atoms with Gasteiger partial charge in [-0.15, -0.1) is 0 Å². The molecule has 4 N–H and O–H groups in total. The van der Waals surface area contributed by atoms with Crippen molar-refractivity contribution in [1.82, 2.24) is 4.98 Å². The molecule has 0 aliphatic carbocycles. The van der Waals surface area contributed by atoms with Gasteiger partial charge in [0.05, 0.1) is 6.61 Å². The second-order valence-corrected chi connectivity index (χ2v) is 2.69. The van der Waals surface area contributed by atoms with Gasteiger partial charge in [0.25, 0.3) is 0 Å². The van der Waals surface area contributed by atoms with Gasteiger partial charge in [0, 0.05) is 19.2 Å². The van der Waals surface area contributed by atoms with E-state index in [0.29, 0.717) is 24.5 Å². The Morgan fingerprint density at radius 2 is 2.43 bits per heavy atom. The van der Waals surface area contributed by atoms with E-state index in [4.69, 9.17) is 21.0 Å². The Morgan fingerprint density at radius 3 is 3.07 bits per heavy atom. The van der Waals surface area contributed by atoms with Crippen LogP contribution < -0.4 is 10.5 Å². The molecule has 1 aromatic heterocycles. The van der Waals surface area contributed by atoms with Crippen molar-refractivity contribution in [3.8, 4) is 5.75 Å². The van der Waals surface area contributed by atoms with Crippen LogP contribution in [0.1, 0.15) is 12.1 Å². The first-order valence-corrected chi connectivity index (χ1v) is 4.28. The Bertz CT molecular complexity index is 315. The van der Waals surface area contributed by atoms with Crippen molar-refractivity contribution in [3.63, 3.8) is 0 Å². The lowest BCUT2D eigenvalue weighted by atomic mass is 10.3. The summed E-state index contributed by atoms with van der Waals surface area (Å²) in [6.45, 7) is 0.470. The van der Waals surface area contributed by atoms with Gasteiger partial charge in [-0.25, -0.2) is 4.98 Å². The monoisotopic (exact) mass is 195 g/mol. The van der Waals surface area contributed by atoms with Crippen molar-refractivity contribution >= 4 is 5.84 Å². The number of aliphatic hydroxyl groups is 1. The number of hydrogen-bond donors (Lipinski definition) is 3. The van der Waals surface area contributed by atoms with E-state index in [-0.39, 0.29) is 12.4 Å². The molecule has 14 heavy (non-hydrogen) atoms. The number of aromatic nitrogens is 1. The van der Waals surface area contributed by atoms with E-state index in [1.807, 2.05) is 0 Å². The third kappa shape index (κ3) is 2.70. The second kappa shape index (κ2) is 5.18. The summed E-state index contributed by atoms with van der Waals surface area (Å²) in [4.78, 5) is 3.92.